The lowest BCUT2D eigenvalue weighted by molar-refractivity contribution is 0.620. The first-order valence-electron chi connectivity index (χ1n) is 15.1. The Morgan fingerprint density at radius 2 is 0.913 bits per heavy atom. The maximum absolute atomic E-state index is 6.16. The molecule has 3 aromatic heterocycles. The number of aromatic nitrogens is 4. The van der Waals surface area contributed by atoms with Crippen molar-refractivity contribution in [3.8, 4) is 56.7 Å². The van der Waals surface area contributed by atoms with Gasteiger partial charge in [-0.1, -0.05) is 91.0 Å². The van der Waals surface area contributed by atoms with E-state index < -0.39 is 0 Å². The molecule has 6 heteroatoms. The Morgan fingerprint density at radius 3 is 1.72 bits per heavy atom. The summed E-state index contributed by atoms with van der Waals surface area (Å²) in [5.74, 6) is 2.40. The van der Waals surface area contributed by atoms with Gasteiger partial charge in [-0.15, -0.1) is 0 Å². The highest BCUT2D eigenvalue weighted by molar-refractivity contribution is 6.06. The molecule has 0 N–H and O–H groups in total. The van der Waals surface area contributed by atoms with Gasteiger partial charge in [0.25, 0.3) is 0 Å². The summed E-state index contributed by atoms with van der Waals surface area (Å²) in [5, 5.41) is 2.08. The number of benzene rings is 6. The SMILES string of the molecule is c1ccc(-c2nc(-c3cccc(-c4ccc5nc(-c6ccccc6)oc5c4)c3)nc(-c3ccc4oc5ccccc5c4c3)n2)cc1. The minimum Gasteiger partial charge on any atom is -0.456 e. The second-order valence-electron chi connectivity index (χ2n) is 11.1. The molecule has 0 aliphatic rings. The molecule has 46 heavy (non-hydrogen) atoms. The number of hydrogen-bond acceptors (Lipinski definition) is 6. The molecular formula is C40H24N4O2. The zero-order chi connectivity index (χ0) is 30.5. The molecule has 6 aromatic carbocycles. The Morgan fingerprint density at radius 1 is 0.326 bits per heavy atom. The van der Waals surface area contributed by atoms with Crippen LogP contribution in [-0.2, 0) is 0 Å². The summed E-state index contributed by atoms with van der Waals surface area (Å²) in [6.45, 7) is 0. The van der Waals surface area contributed by atoms with E-state index in [9.17, 15) is 0 Å². The first-order valence-corrected chi connectivity index (χ1v) is 15.1. The fourth-order valence-electron chi connectivity index (χ4n) is 5.86. The third-order valence-corrected chi connectivity index (χ3v) is 8.17. The zero-order valence-electron chi connectivity index (χ0n) is 24.5. The van der Waals surface area contributed by atoms with Crippen LogP contribution in [0.5, 0.6) is 0 Å². The third kappa shape index (κ3) is 4.60. The molecular weight excluding hydrogens is 568 g/mol. The fourth-order valence-corrected chi connectivity index (χ4v) is 5.86. The molecule has 9 rings (SSSR count). The summed E-state index contributed by atoms with van der Waals surface area (Å²) in [7, 11) is 0. The lowest BCUT2D eigenvalue weighted by Crippen LogP contribution is -2.00. The molecule has 6 nitrogen and oxygen atoms in total. The highest BCUT2D eigenvalue weighted by atomic mass is 16.3. The van der Waals surface area contributed by atoms with Crippen molar-refractivity contribution in [2.24, 2.45) is 0 Å². The highest BCUT2D eigenvalue weighted by Gasteiger charge is 2.16. The van der Waals surface area contributed by atoms with E-state index in [2.05, 4.69) is 30.3 Å². The van der Waals surface area contributed by atoms with Gasteiger partial charge >= 0.3 is 0 Å². The number of nitrogens with zero attached hydrogens (tertiary/aromatic N) is 4. The largest absolute Gasteiger partial charge is 0.456 e. The molecule has 3 heterocycles. The average molecular weight is 593 g/mol. The minimum atomic E-state index is 0.593. The smallest absolute Gasteiger partial charge is 0.227 e. The Hall–Kier alpha value is -6.40. The van der Waals surface area contributed by atoms with Crippen molar-refractivity contribution < 1.29 is 8.83 Å². The lowest BCUT2D eigenvalue weighted by Gasteiger charge is -2.10. The van der Waals surface area contributed by atoms with E-state index in [1.807, 2.05) is 115 Å². The standard InChI is InChI=1S/C40H24N4O2/c1-3-10-25(11-4-1)37-42-38(44-39(43-37)30-19-21-35-32(23-30)31-16-7-8-17-34(31)45-35)29-15-9-14-27(22-29)28-18-20-33-36(24-28)46-40(41-33)26-12-5-2-6-13-26/h1-24H. The maximum Gasteiger partial charge on any atom is 0.227 e. The van der Waals surface area contributed by atoms with Gasteiger partial charge in [-0.25, -0.2) is 19.9 Å². The van der Waals surface area contributed by atoms with Gasteiger partial charge in [0.2, 0.25) is 5.89 Å². The Bertz CT molecular complexity index is 2540. The molecule has 0 aliphatic carbocycles. The fraction of sp³-hybridized carbons (Fsp3) is 0. The van der Waals surface area contributed by atoms with Crippen LogP contribution in [0.1, 0.15) is 0 Å². The molecule has 216 valence electrons. The van der Waals surface area contributed by atoms with Crippen molar-refractivity contribution >= 4 is 33.0 Å². The van der Waals surface area contributed by atoms with Crippen molar-refractivity contribution in [3.63, 3.8) is 0 Å². The van der Waals surface area contributed by atoms with Crippen LogP contribution >= 0.6 is 0 Å². The Labute approximate surface area is 263 Å². The van der Waals surface area contributed by atoms with Gasteiger partial charge in [0.1, 0.15) is 16.7 Å². The summed E-state index contributed by atoms with van der Waals surface area (Å²) in [6.07, 6.45) is 0. The molecule has 0 fully saturated rings. The molecule has 0 atom stereocenters. The number of fused-ring (bicyclic) bond motifs is 4. The van der Waals surface area contributed by atoms with Crippen LogP contribution in [0.15, 0.2) is 154 Å². The van der Waals surface area contributed by atoms with E-state index in [-0.39, 0.29) is 0 Å². The van der Waals surface area contributed by atoms with Crippen molar-refractivity contribution in [1.29, 1.82) is 0 Å². The van der Waals surface area contributed by atoms with Gasteiger partial charge in [-0.05, 0) is 65.7 Å². The van der Waals surface area contributed by atoms with Crippen molar-refractivity contribution in [2.45, 2.75) is 0 Å². The zero-order valence-corrected chi connectivity index (χ0v) is 24.5. The quantitative estimate of drug-likeness (QED) is 0.198. The number of furan rings is 1. The highest BCUT2D eigenvalue weighted by Crippen LogP contribution is 2.34. The van der Waals surface area contributed by atoms with Crippen molar-refractivity contribution in [3.05, 3.63) is 146 Å². The van der Waals surface area contributed by atoms with Gasteiger partial charge in [0.05, 0.1) is 0 Å². The molecule has 0 saturated heterocycles. The van der Waals surface area contributed by atoms with Crippen LogP contribution in [0.4, 0.5) is 0 Å². The predicted octanol–water partition coefficient (Wildman–Crippen LogP) is 10.2. The van der Waals surface area contributed by atoms with Gasteiger partial charge in [0, 0.05) is 33.0 Å². The minimum absolute atomic E-state index is 0.593. The first-order chi connectivity index (χ1) is 22.7. The number of para-hydroxylation sites is 1. The second-order valence-corrected chi connectivity index (χ2v) is 11.1. The summed E-state index contributed by atoms with van der Waals surface area (Å²) in [6, 6.07) is 48.4. The normalized spacial score (nSPS) is 11.5. The topological polar surface area (TPSA) is 77.8 Å². The molecule has 9 aromatic rings. The van der Waals surface area contributed by atoms with Crippen molar-refractivity contribution in [1.82, 2.24) is 19.9 Å². The van der Waals surface area contributed by atoms with Crippen LogP contribution in [0.2, 0.25) is 0 Å². The molecule has 0 unspecified atom stereocenters. The second kappa shape index (κ2) is 10.6. The van der Waals surface area contributed by atoms with E-state index in [1.54, 1.807) is 0 Å². The summed E-state index contributed by atoms with van der Waals surface area (Å²) in [5.41, 5.74) is 8.91. The van der Waals surface area contributed by atoms with Gasteiger partial charge < -0.3 is 8.83 Å². The van der Waals surface area contributed by atoms with Crippen molar-refractivity contribution in [2.75, 3.05) is 0 Å². The molecule has 0 saturated carbocycles. The van der Waals surface area contributed by atoms with E-state index >= 15 is 0 Å². The van der Waals surface area contributed by atoms with E-state index in [0.717, 1.165) is 66.4 Å². The first kappa shape index (κ1) is 26.0. The van der Waals surface area contributed by atoms with Gasteiger partial charge in [-0.3, -0.25) is 0 Å². The van der Waals surface area contributed by atoms with E-state index in [4.69, 9.17) is 28.8 Å². The lowest BCUT2D eigenvalue weighted by atomic mass is 10.0. The molecule has 0 amide bonds. The molecule has 0 radical (unpaired) electrons. The summed E-state index contributed by atoms with van der Waals surface area (Å²) < 4.78 is 12.2. The van der Waals surface area contributed by atoms with Crippen LogP contribution in [-0.4, -0.2) is 19.9 Å². The summed E-state index contributed by atoms with van der Waals surface area (Å²) >= 11 is 0. The predicted molar refractivity (Wildman–Crippen MR) is 182 cm³/mol. The van der Waals surface area contributed by atoms with E-state index in [1.165, 1.54) is 0 Å². The number of oxazole rings is 1. The van der Waals surface area contributed by atoms with Crippen LogP contribution in [0, 0.1) is 0 Å². The summed E-state index contributed by atoms with van der Waals surface area (Å²) in [4.78, 5) is 19.6. The van der Waals surface area contributed by atoms with Crippen LogP contribution in [0.25, 0.3) is 89.8 Å². The monoisotopic (exact) mass is 592 g/mol. The molecule has 0 spiro atoms. The third-order valence-electron chi connectivity index (χ3n) is 8.17. The van der Waals surface area contributed by atoms with Gasteiger partial charge in [0.15, 0.2) is 23.1 Å². The number of rotatable bonds is 5. The number of hydrogen-bond donors (Lipinski definition) is 0. The maximum atomic E-state index is 6.16. The van der Waals surface area contributed by atoms with E-state index in [0.29, 0.717) is 23.4 Å². The average Bonchev–Trinajstić information content (AvgIpc) is 3.73. The molecule has 0 bridgehead atoms. The molecule has 0 aliphatic heterocycles. The van der Waals surface area contributed by atoms with Crippen LogP contribution in [0.3, 0.4) is 0 Å². The van der Waals surface area contributed by atoms with Gasteiger partial charge in [-0.2, -0.15) is 0 Å². The van der Waals surface area contributed by atoms with Crippen LogP contribution < -0.4 is 0 Å². The Kier molecular flexibility index (Phi) is 6.03. The Balaban J connectivity index is 1.15.